The van der Waals surface area contributed by atoms with Crippen LogP contribution in [0.2, 0.25) is 0 Å². The Kier molecular flexibility index (Phi) is 5.50. The molecule has 6 heteroatoms. The lowest BCUT2D eigenvalue weighted by molar-refractivity contribution is -0.130. The van der Waals surface area contributed by atoms with Gasteiger partial charge in [0.15, 0.2) is 0 Å². The fourth-order valence-electron chi connectivity index (χ4n) is 4.00. The van der Waals surface area contributed by atoms with E-state index < -0.39 is 5.97 Å². The van der Waals surface area contributed by atoms with Crippen molar-refractivity contribution in [3.8, 4) is 23.0 Å². The predicted octanol–water partition coefficient (Wildman–Crippen LogP) is 2.64. The van der Waals surface area contributed by atoms with Gasteiger partial charge in [-0.05, 0) is 22.3 Å². The van der Waals surface area contributed by atoms with Crippen molar-refractivity contribution in [2.24, 2.45) is 0 Å². The van der Waals surface area contributed by atoms with Gasteiger partial charge in [0.05, 0.1) is 6.54 Å². The fraction of sp³-hybridized carbons (Fsp3) is 0.304. The van der Waals surface area contributed by atoms with Crippen LogP contribution in [-0.4, -0.2) is 66.3 Å². The van der Waals surface area contributed by atoms with Crippen LogP contribution in [0.4, 0.5) is 4.79 Å². The Bertz CT molecular complexity index is 938. The molecule has 1 fully saturated rings. The summed E-state index contributed by atoms with van der Waals surface area (Å²) >= 11 is 0. The van der Waals surface area contributed by atoms with Gasteiger partial charge in [0.2, 0.25) is 0 Å². The summed E-state index contributed by atoms with van der Waals surface area (Å²) in [5.41, 5.74) is 4.81. The van der Waals surface area contributed by atoms with Gasteiger partial charge in [0, 0.05) is 38.0 Å². The first-order chi connectivity index (χ1) is 14.1. The highest BCUT2D eigenvalue weighted by atomic mass is 16.6. The first-order valence-corrected chi connectivity index (χ1v) is 9.67. The van der Waals surface area contributed by atoms with E-state index in [1.165, 1.54) is 22.3 Å². The third-order valence-corrected chi connectivity index (χ3v) is 5.46. The maximum Gasteiger partial charge on any atom is 0.409 e. The number of aliphatic carboxylic acids is 1. The molecule has 1 saturated heterocycles. The molecule has 148 valence electrons. The van der Waals surface area contributed by atoms with E-state index in [2.05, 4.69) is 36.1 Å². The van der Waals surface area contributed by atoms with Crippen molar-refractivity contribution in [1.29, 1.82) is 0 Å². The van der Waals surface area contributed by atoms with Crippen LogP contribution in [0.25, 0.3) is 11.1 Å². The minimum Gasteiger partial charge on any atom is -0.472 e. The minimum absolute atomic E-state index is 0.0546. The average Bonchev–Trinajstić information content (AvgIpc) is 3.06. The quantitative estimate of drug-likeness (QED) is 0.816. The van der Waals surface area contributed by atoms with Crippen LogP contribution in [-0.2, 0) is 9.53 Å². The van der Waals surface area contributed by atoms with Crippen molar-refractivity contribution >= 4 is 12.1 Å². The molecule has 0 aromatic heterocycles. The number of ether oxygens (including phenoxy) is 1. The monoisotopic (exact) mass is 390 g/mol. The minimum atomic E-state index is -1.12. The molecule has 2 aromatic carbocycles. The second kappa shape index (κ2) is 8.38. The zero-order valence-corrected chi connectivity index (χ0v) is 16.0. The van der Waals surface area contributed by atoms with Gasteiger partial charge in [0.25, 0.3) is 0 Å². The molecule has 4 rings (SSSR count). The number of amides is 1. The third kappa shape index (κ3) is 4.10. The Balaban J connectivity index is 1.34. The molecule has 29 heavy (non-hydrogen) atoms. The number of benzene rings is 2. The highest BCUT2D eigenvalue weighted by Crippen LogP contribution is 2.44. The topological polar surface area (TPSA) is 70.1 Å². The first kappa shape index (κ1) is 19.0. The van der Waals surface area contributed by atoms with Crippen LogP contribution >= 0.6 is 0 Å². The molecule has 0 radical (unpaired) electrons. The molecular formula is C23H22N2O4. The highest BCUT2D eigenvalue weighted by molar-refractivity contribution is 5.86. The van der Waals surface area contributed by atoms with E-state index in [1.807, 2.05) is 29.2 Å². The summed E-state index contributed by atoms with van der Waals surface area (Å²) in [4.78, 5) is 26.8. The van der Waals surface area contributed by atoms with Crippen molar-refractivity contribution in [2.75, 3.05) is 39.3 Å². The van der Waals surface area contributed by atoms with E-state index in [4.69, 9.17) is 9.84 Å². The summed E-state index contributed by atoms with van der Waals surface area (Å²) in [6.07, 6.45) is -0.303. The maximum absolute atomic E-state index is 12.6. The van der Waals surface area contributed by atoms with E-state index in [1.54, 1.807) is 4.90 Å². The molecule has 6 nitrogen and oxygen atoms in total. The van der Waals surface area contributed by atoms with E-state index in [-0.39, 0.29) is 12.0 Å². The summed E-state index contributed by atoms with van der Waals surface area (Å²) in [6, 6.07) is 16.5. The van der Waals surface area contributed by atoms with Crippen LogP contribution in [0.1, 0.15) is 17.0 Å². The Morgan fingerprint density at radius 2 is 1.55 bits per heavy atom. The summed E-state index contributed by atoms with van der Waals surface area (Å²) in [6.45, 7) is 3.11. The Hall–Kier alpha value is -3.30. The molecule has 1 heterocycles. The second-order valence-corrected chi connectivity index (χ2v) is 7.17. The normalized spacial score (nSPS) is 15.8. The van der Waals surface area contributed by atoms with E-state index in [0.29, 0.717) is 39.3 Å². The zero-order valence-electron chi connectivity index (χ0n) is 16.0. The number of fused-ring (bicyclic) bond motifs is 3. The van der Waals surface area contributed by atoms with E-state index in [9.17, 15) is 9.59 Å². The molecule has 1 amide bonds. The SMILES string of the molecule is O=C(O)C#CCN1CCN(C(=O)OCC2c3ccccc3-c3ccccc32)CC1. The second-order valence-electron chi connectivity index (χ2n) is 7.17. The number of rotatable bonds is 3. The molecule has 1 N–H and O–H groups in total. The zero-order chi connectivity index (χ0) is 20.2. The van der Waals surface area contributed by atoms with E-state index in [0.717, 1.165) is 0 Å². The van der Waals surface area contributed by atoms with Crippen molar-refractivity contribution in [1.82, 2.24) is 9.80 Å². The van der Waals surface area contributed by atoms with Crippen molar-refractivity contribution in [3.63, 3.8) is 0 Å². The molecule has 2 aliphatic rings. The maximum atomic E-state index is 12.6. The lowest BCUT2D eigenvalue weighted by atomic mass is 9.98. The number of piperazine rings is 1. The number of hydrogen-bond donors (Lipinski definition) is 1. The standard InChI is InChI=1S/C23H22N2O4/c26-22(27)10-5-11-24-12-14-25(15-13-24)23(28)29-16-21-19-8-3-1-6-17(19)18-7-2-4-9-20(18)21/h1-4,6-9,21H,11-16H2,(H,26,27). The van der Waals surface area contributed by atoms with Gasteiger partial charge in [-0.3, -0.25) is 4.90 Å². The van der Waals surface area contributed by atoms with Crippen LogP contribution in [0, 0.1) is 11.8 Å². The van der Waals surface area contributed by atoms with Gasteiger partial charge in [-0.1, -0.05) is 54.5 Å². The van der Waals surface area contributed by atoms with Crippen LogP contribution < -0.4 is 0 Å². The molecule has 0 spiro atoms. The number of carboxylic acid groups (broad SMARTS) is 1. The molecule has 0 unspecified atom stereocenters. The number of hydrogen-bond acceptors (Lipinski definition) is 4. The predicted molar refractivity (Wildman–Crippen MR) is 108 cm³/mol. The van der Waals surface area contributed by atoms with Gasteiger partial charge in [-0.25, -0.2) is 9.59 Å². The largest absolute Gasteiger partial charge is 0.472 e. The molecule has 0 saturated carbocycles. The number of carbonyl (C=O) groups excluding carboxylic acids is 1. The Labute approximate surface area is 169 Å². The van der Waals surface area contributed by atoms with Gasteiger partial charge < -0.3 is 14.7 Å². The lowest BCUT2D eigenvalue weighted by Crippen LogP contribution is -2.49. The number of carbonyl (C=O) groups is 2. The molecule has 1 aliphatic carbocycles. The molecule has 0 atom stereocenters. The summed E-state index contributed by atoms with van der Waals surface area (Å²) < 4.78 is 5.69. The summed E-state index contributed by atoms with van der Waals surface area (Å²) in [7, 11) is 0. The summed E-state index contributed by atoms with van der Waals surface area (Å²) in [5, 5.41) is 8.57. The van der Waals surface area contributed by atoms with Crippen LogP contribution in [0.15, 0.2) is 48.5 Å². The smallest absolute Gasteiger partial charge is 0.409 e. The van der Waals surface area contributed by atoms with Gasteiger partial charge in [-0.2, -0.15) is 0 Å². The van der Waals surface area contributed by atoms with Crippen LogP contribution in [0.5, 0.6) is 0 Å². The van der Waals surface area contributed by atoms with Crippen molar-refractivity contribution < 1.29 is 19.4 Å². The van der Waals surface area contributed by atoms with Gasteiger partial charge in [0.1, 0.15) is 6.61 Å². The highest BCUT2D eigenvalue weighted by Gasteiger charge is 2.30. The van der Waals surface area contributed by atoms with Crippen molar-refractivity contribution in [2.45, 2.75) is 5.92 Å². The van der Waals surface area contributed by atoms with Gasteiger partial charge >= 0.3 is 12.1 Å². The summed E-state index contributed by atoms with van der Waals surface area (Å²) in [5.74, 6) is 3.67. The number of carboxylic acids is 1. The van der Waals surface area contributed by atoms with E-state index >= 15 is 0 Å². The lowest BCUT2D eigenvalue weighted by Gasteiger charge is -2.33. The van der Waals surface area contributed by atoms with Crippen LogP contribution in [0.3, 0.4) is 0 Å². The molecule has 1 aliphatic heterocycles. The third-order valence-electron chi connectivity index (χ3n) is 5.46. The Morgan fingerprint density at radius 3 is 2.14 bits per heavy atom. The first-order valence-electron chi connectivity index (χ1n) is 9.67. The average molecular weight is 390 g/mol. The number of nitrogens with zero attached hydrogens (tertiary/aromatic N) is 2. The molecular weight excluding hydrogens is 368 g/mol. The Morgan fingerprint density at radius 1 is 0.966 bits per heavy atom. The fourth-order valence-corrected chi connectivity index (χ4v) is 4.00. The molecule has 2 aromatic rings. The van der Waals surface area contributed by atoms with Crippen molar-refractivity contribution in [3.05, 3.63) is 59.7 Å². The molecule has 0 bridgehead atoms. The van der Waals surface area contributed by atoms with Gasteiger partial charge in [-0.15, -0.1) is 0 Å².